The molecule has 1 heterocycles. The van der Waals surface area contributed by atoms with E-state index in [9.17, 15) is 8.78 Å². The lowest BCUT2D eigenvalue weighted by atomic mass is 10.1. The van der Waals surface area contributed by atoms with Gasteiger partial charge in [-0.15, -0.1) is 24.0 Å². The number of aryl methyl sites for hydroxylation is 1. The van der Waals surface area contributed by atoms with Crippen LogP contribution in [-0.2, 0) is 17.8 Å². The molecule has 2 rings (SSSR count). The van der Waals surface area contributed by atoms with Crippen molar-refractivity contribution in [2.24, 2.45) is 4.99 Å². The van der Waals surface area contributed by atoms with Crippen molar-refractivity contribution in [2.75, 3.05) is 26.9 Å². The van der Waals surface area contributed by atoms with Crippen LogP contribution >= 0.6 is 24.0 Å². The van der Waals surface area contributed by atoms with Gasteiger partial charge in [-0.25, -0.2) is 9.98 Å². The summed E-state index contributed by atoms with van der Waals surface area (Å²) >= 11 is 0. The Morgan fingerprint density at radius 3 is 2.61 bits per heavy atom. The van der Waals surface area contributed by atoms with E-state index in [0.717, 1.165) is 11.1 Å². The highest BCUT2D eigenvalue weighted by molar-refractivity contribution is 14.0. The number of nitrogens with one attached hydrogen (secondary N) is 2. The molecule has 0 bridgehead atoms. The van der Waals surface area contributed by atoms with Gasteiger partial charge in [0.1, 0.15) is 12.4 Å². The summed E-state index contributed by atoms with van der Waals surface area (Å²) in [6, 6.07) is 8.75. The van der Waals surface area contributed by atoms with E-state index in [1.807, 2.05) is 19.9 Å². The molecule has 1 aromatic carbocycles. The Labute approximate surface area is 198 Å². The first-order valence-electron chi connectivity index (χ1n) is 9.65. The highest BCUT2D eigenvalue weighted by Gasteiger charge is 2.10. The molecule has 172 valence electrons. The number of halogens is 3. The molecule has 0 unspecified atom stereocenters. The fraction of sp³-hybridized carbons (Fsp3) is 0.429. The summed E-state index contributed by atoms with van der Waals surface area (Å²) in [4.78, 5) is 8.76. The van der Waals surface area contributed by atoms with Crippen LogP contribution < -0.4 is 20.1 Å². The summed E-state index contributed by atoms with van der Waals surface area (Å²) < 4.78 is 40.3. The molecule has 0 fully saturated rings. The minimum Gasteiger partial charge on any atom is -0.475 e. The Morgan fingerprint density at radius 2 is 1.97 bits per heavy atom. The summed E-state index contributed by atoms with van der Waals surface area (Å²) in [6.45, 7) is 3.25. The molecule has 0 atom stereocenters. The van der Waals surface area contributed by atoms with Crippen LogP contribution in [0.5, 0.6) is 11.6 Å². The van der Waals surface area contributed by atoms with Crippen molar-refractivity contribution >= 4 is 29.9 Å². The van der Waals surface area contributed by atoms with Crippen molar-refractivity contribution in [1.82, 2.24) is 15.6 Å². The van der Waals surface area contributed by atoms with Crippen LogP contribution in [0.3, 0.4) is 0 Å². The summed E-state index contributed by atoms with van der Waals surface area (Å²) in [6.07, 6.45) is 1.70. The van der Waals surface area contributed by atoms with E-state index in [2.05, 4.69) is 25.3 Å². The normalized spacial score (nSPS) is 11.1. The van der Waals surface area contributed by atoms with Gasteiger partial charge in [-0.05, 0) is 25.5 Å². The Balaban J connectivity index is 0.00000480. The van der Waals surface area contributed by atoms with Crippen molar-refractivity contribution in [2.45, 2.75) is 33.5 Å². The molecule has 2 N–H and O–H groups in total. The number of pyridine rings is 1. The van der Waals surface area contributed by atoms with Crippen LogP contribution in [0, 0.1) is 6.92 Å². The van der Waals surface area contributed by atoms with Crippen molar-refractivity contribution < 1.29 is 23.0 Å². The average molecular weight is 550 g/mol. The van der Waals surface area contributed by atoms with E-state index >= 15 is 0 Å². The van der Waals surface area contributed by atoms with Crippen LogP contribution in [0.4, 0.5) is 8.78 Å². The molecular formula is C21H29F2IN4O3. The topological polar surface area (TPSA) is 77.0 Å². The maximum Gasteiger partial charge on any atom is 0.387 e. The quantitative estimate of drug-likeness (QED) is 0.192. The molecule has 0 spiro atoms. The number of ether oxygens (including phenoxy) is 3. The second kappa shape index (κ2) is 14.7. The summed E-state index contributed by atoms with van der Waals surface area (Å²) in [7, 11) is 1.61. The lowest BCUT2D eigenvalue weighted by molar-refractivity contribution is -0.0504. The summed E-state index contributed by atoms with van der Waals surface area (Å²) in [5, 5.41) is 6.28. The molecule has 0 aliphatic carbocycles. The second-order valence-corrected chi connectivity index (χ2v) is 6.38. The van der Waals surface area contributed by atoms with E-state index in [0.29, 0.717) is 50.3 Å². The van der Waals surface area contributed by atoms with Gasteiger partial charge in [0.25, 0.3) is 0 Å². The Hall–Kier alpha value is -2.21. The maximum atomic E-state index is 12.6. The number of methoxy groups -OCH3 is 1. The SMILES string of the molecule is CCNC(=NCc1ccc(OCCOC)nc1)NCc1cc(C)ccc1OC(F)F.I. The van der Waals surface area contributed by atoms with E-state index in [-0.39, 0.29) is 29.7 Å². The molecule has 1 aromatic heterocycles. The number of aliphatic imine (C=N–C) groups is 1. The fourth-order valence-electron chi connectivity index (χ4n) is 2.57. The zero-order valence-corrected chi connectivity index (χ0v) is 20.2. The largest absolute Gasteiger partial charge is 0.475 e. The van der Waals surface area contributed by atoms with Crippen LogP contribution in [0.1, 0.15) is 23.6 Å². The third-order valence-electron chi connectivity index (χ3n) is 3.98. The van der Waals surface area contributed by atoms with Crippen LogP contribution in [-0.4, -0.2) is 44.4 Å². The van der Waals surface area contributed by atoms with Gasteiger partial charge in [-0.2, -0.15) is 8.78 Å². The number of rotatable bonds is 11. The molecule has 0 aliphatic heterocycles. The van der Waals surface area contributed by atoms with Gasteiger partial charge in [0, 0.05) is 38.0 Å². The van der Waals surface area contributed by atoms with Gasteiger partial charge in [0.2, 0.25) is 5.88 Å². The molecule has 0 radical (unpaired) electrons. The number of hydrogen-bond donors (Lipinski definition) is 2. The summed E-state index contributed by atoms with van der Waals surface area (Å²) in [5.41, 5.74) is 2.48. The third kappa shape index (κ3) is 10.1. The number of hydrogen-bond acceptors (Lipinski definition) is 5. The smallest absolute Gasteiger partial charge is 0.387 e. The molecule has 0 saturated heterocycles. The molecule has 0 amide bonds. The minimum atomic E-state index is -2.87. The predicted octanol–water partition coefficient (Wildman–Crippen LogP) is 3.89. The number of nitrogens with zero attached hydrogens (tertiary/aromatic N) is 2. The lowest BCUT2D eigenvalue weighted by Crippen LogP contribution is -2.36. The lowest BCUT2D eigenvalue weighted by Gasteiger charge is -2.15. The first kappa shape index (κ1) is 26.8. The Kier molecular flexibility index (Phi) is 12.8. The van der Waals surface area contributed by atoms with Gasteiger partial charge in [0.05, 0.1) is 13.2 Å². The Bertz CT molecular complexity index is 808. The molecule has 2 aromatic rings. The van der Waals surface area contributed by atoms with Crippen molar-refractivity contribution in [3.63, 3.8) is 0 Å². The molecule has 31 heavy (non-hydrogen) atoms. The van der Waals surface area contributed by atoms with E-state index < -0.39 is 6.61 Å². The Morgan fingerprint density at radius 1 is 1.16 bits per heavy atom. The fourth-order valence-corrected chi connectivity index (χ4v) is 2.57. The highest BCUT2D eigenvalue weighted by atomic mass is 127. The number of aromatic nitrogens is 1. The predicted molar refractivity (Wildman–Crippen MR) is 126 cm³/mol. The molecule has 7 nitrogen and oxygen atoms in total. The zero-order chi connectivity index (χ0) is 21.8. The third-order valence-corrected chi connectivity index (χ3v) is 3.98. The molecule has 10 heteroatoms. The van der Waals surface area contributed by atoms with Crippen molar-refractivity contribution in [3.05, 3.63) is 53.2 Å². The van der Waals surface area contributed by atoms with Crippen LogP contribution in [0.25, 0.3) is 0 Å². The average Bonchev–Trinajstić information content (AvgIpc) is 2.72. The van der Waals surface area contributed by atoms with Crippen molar-refractivity contribution in [1.29, 1.82) is 0 Å². The molecule has 0 saturated carbocycles. The van der Waals surface area contributed by atoms with Crippen LogP contribution in [0.15, 0.2) is 41.5 Å². The maximum absolute atomic E-state index is 12.6. The van der Waals surface area contributed by atoms with Crippen LogP contribution in [0.2, 0.25) is 0 Å². The number of benzene rings is 1. The first-order valence-corrected chi connectivity index (χ1v) is 9.65. The van der Waals surface area contributed by atoms with E-state index in [1.165, 1.54) is 0 Å². The molecule has 0 aliphatic rings. The standard InChI is InChI=1S/C21H28F2N4O3.HI/c1-4-24-21(26-13-16-6-8-19(25-12-16)29-10-9-28-3)27-14-17-11-15(2)5-7-18(17)30-20(22)23;/h5-8,11-12,20H,4,9-10,13-14H2,1-3H3,(H2,24,26,27);1H. The molecular weight excluding hydrogens is 521 g/mol. The minimum absolute atomic E-state index is 0. The summed E-state index contributed by atoms with van der Waals surface area (Å²) in [5.74, 6) is 1.23. The second-order valence-electron chi connectivity index (χ2n) is 6.38. The zero-order valence-electron chi connectivity index (χ0n) is 17.9. The first-order chi connectivity index (χ1) is 14.5. The van der Waals surface area contributed by atoms with Gasteiger partial charge in [0.15, 0.2) is 5.96 Å². The van der Waals surface area contributed by atoms with Crippen molar-refractivity contribution in [3.8, 4) is 11.6 Å². The highest BCUT2D eigenvalue weighted by Crippen LogP contribution is 2.22. The van der Waals surface area contributed by atoms with Gasteiger partial charge in [-0.3, -0.25) is 0 Å². The number of alkyl halides is 2. The number of guanidine groups is 1. The van der Waals surface area contributed by atoms with E-state index in [4.69, 9.17) is 9.47 Å². The van der Waals surface area contributed by atoms with Gasteiger partial charge < -0.3 is 24.8 Å². The van der Waals surface area contributed by atoms with Gasteiger partial charge >= 0.3 is 6.61 Å². The van der Waals surface area contributed by atoms with E-state index in [1.54, 1.807) is 37.6 Å². The van der Waals surface area contributed by atoms with Gasteiger partial charge in [-0.1, -0.05) is 23.8 Å². The monoisotopic (exact) mass is 550 g/mol.